The minimum Gasteiger partial charge on any atom is -0.497 e. The molecule has 0 saturated carbocycles. The number of aliphatic carboxylic acids is 1. The molecule has 16 heavy (non-hydrogen) atoms. The molecule has 0 radical (unpaired) electrons. The van der Waals surface area contributed by atoms with Crippen molar-refractivity contribution in [2.75, 3.05) is 7.11 Å². The van der Waals surface area contributed by atoms with E-state index in [4.69, 9.17) is 9.84 Å². The van der Waals surface area contributed by atoms with E-state index >= 15 is 0 Å². The summed E-state index contributed by atoms with van der Waals surface area (Å²) in [5.74, 6) is -3.52. The largest absolute Gasteiger partial charge is 0.497 e. The highest BCUT2D eigenvalue weighted by molar-refractivity contribution is 5.84. The quantitative estimate of drug-likeness (QED) is 0.636. The number of benzene rings is 1. The van der Waals surface area contributed by atoms with E-state index in [1.165, 1.54) is 31.4 Å². The van der Waals surface area contributed by atoms with E-state index in [1.54, 1.807) is 0 Å². The molecule has 0 heterocycles. The van der Waals surface area contributed by atoms with Crippen molar-refractivity contribution in [2.45, 2.75) is 0 Å². The Kier molecular flexibility index (Phi) is 3.82. The zero-order valence-corrected chi connectivity index (χ0v) is 8.24. The predicted molar refractivity (Wildman–Crippen MR) is 50.5 cm³/mol. The number of methoxy groups -OCH3 is 1. The van der Waals surface area contributed by atoms with Crippen LogP contribution in [-0.2, 0) is 4.79 Å². The van der Waals surface area contributed by atoms with E-state index in [1.807, 2.05) is 0 Å². The van der Waals surface area contributed by atoms with Crippen LogP contribution in [0.4, 0.5) is 8.78 Å². The molecule has 0 amide bonds. The first-order valence-corrected chi connectivity index (χ1v) is 4.15. The second-order valence-electron chi connectivity index (χ2n) is 2.67. The van der Waals surface area contributed by atoms with E-state index in [0.29, 0.717) is 5.75 Å². The maximum absolute atomic E-state index is 12.8. The number of halogens is 2. The molecule has 0 unspecified atom stereocenters. The highest BCUT2D eigenvalue weighted by atomic mass is 19.2. The van der Waals surface area contributed by atoms with Crippen molar-refractivity contribution in [3.8, 4) is 11.5 Å². The van der Waals surface area contributed by atoms with Gasteiger partial charge in [0.1, 0.15) is 11.5 Å². The molecular weight excluding hydrogens is 222 g/mol. The Balaban J connectivity index is 2.81. The van der Waals surface area contributed by atoms with Crippen LogP contribution in [0, 0.1) is 0 Å². The first-order chi connectivity index (χ1) is 7.54. The standard InChI is InChI=1S/C10H8F2O4/c1-15-6-2-4-7(5-3-6)16-9(12)8(11)10(13)14/h2-5H,1H3,(H,13,14)/b9-8-. The molecule has 1 rings (SSSR count). The summed E-state index contributed by atoms with van der Waals surface area (Å²) in [5.41, 5.74) is 0. The molecule has 1 aromatic rings. The van der Waals surface area contributed by atoms with Gasteiger partial charge in [0.2, 0.25) is 0 Å². The lowest BCUT2D eigenvalue weighted by molar-refractivity contribution is -0.134. The molecule has 0 aliphatic heterocycles. The number of hydrogen-bond donors (Lipinski definition) is 1. The van der Waals surface area contributed by atoms with Gasteiger partial charge in [0, 0.05) is 0 Å². The predicted octanol–water partition coefficient (Wildman–Crippen LogP) is 2.27. The Bertz CT molecular complexity index is 411. The minimum absolute atomic E-state index is 0.0327. The highest BCUT2D eigenvalue weighted by Crippen LogP contribution is 2.21. The Morgan fingerprint density at radius 1 is 1.19 bits per heavy atom. The van der Waals surface area contributed by atoms with Crippen LogP contribution in [0.2, 0.25) is 0 Å². The zero-order valence-electron chi connectivity index (χ0n) is 8.24. The highest BCUT2D eigenvalue weighted by Gasteiger charge is 2.16. The molecule has 4 nitrogen and oxygen atoms in total. The molecule has 0 atom stereocenters. The maximum atomic E-state index is 12.8. The average molecular weight is 230 g/mol. The van der Waals surface area contributed by atoms with Gasteiger partial charge in [-0.2, -0.15) is 8.78 Å². The van der Waals surface area contributed by atoms with Gasteiger partial charge in [0.05, 0.1) is 7.11 Å². The van der Waals surface area contributed by atoms with Gasteiger partial charge >= 0.3 is 12.0 Å². The molecule has 0 aliphatic rings. The van der Waals surface area contributed by atoms with Crippen molar-refractivity contribution >= 4 is 5.97 Å². The van der Waals surface area contributed by atoms with Crippen LogP contribution in [-0.4, -0.2) is 18.2 Å². The lowest BCUT2D eigenvalue weighted by Crippen LogP contribution is -2.01. The number of carbonyl (C=O) groups is 1. The van der Waals surface area contributed by atoms with Crippen molar-refractivity contribution in [3.05, 3.63) is 36.1 Å². The van der Waals surface area contributed by atoms with Crippen LogP contribution < -0.4 is 9.47 Å². The third kappa shape index (κ3) is 2.94. The first kappa shape index (κ1) is 12.0. The summed E-state index contributed by atoms with van der Waals surface area (Å²) >= 11 is 0. The zero-order chi connectivity index (χ0) is 12.1. The van der Waals surface area contributed by atoms with Gasteiger partial charge in [-0.15, -0.1) is 0 Å². The van der Waals surface area contributed by atoms with Crippen molar-refractivity contribution in [1.29, 1.82) is 0 Å². The SMILES string of the molecule is COc1ccc(O/C(F)=C(\F)C(=O)O)cc1. The monoisotopic (exact) mass is 230 g/mol. The van der Waals surface area contributed by atoms with Gasteiger partial charge in [0.25, 0.3) is 5.83 Å². The fraction of sp³-hybridized carbons (Fsp3) is 0.100. The summed E-state index contributed by atoms with van der Waals surface area (Å²) in [6.45, 7) is 0. The van der Waals surface area contributed by atoms with Crippen LogP contribution in [0.1, 0.15) is 0 Å². The van der Waals surface area contributed by atoms with Gasteiger partial charge in [-0.05, 0) is 24.3 Å². The van der Waals surface area contributed by atoms with Gasteiger partial charge in [0.15, 0.2) is 0 Å². The third-order valence-corrected chi connectivity index (χ3v) is 1.63. The molecule has 0 saturated heterocycles. The average Bonchev–Trinajstić information content (AvgIpc) is 2.28. The lowest BCUT2D eigenvalue weighted by Gasteiger charge is -2.03. The molecule has 0 aromatic heterocycles. The Hall–Kier alpha value is -2.11. The molecule has 0 fully saturated rings. The number of rotatable bonds is 4. The Morgan fingerprint density at radius 2 is 1.69 bits per heavy atom. The van der Waals surface area contributed by atoms with Crippen LogP contribution in [0.25, 0.3) is 0 Å². The smallest absolute Gasteiger partial charge is 0.371 e. The number of carboxylic acid groups (broad SMARTS) is 1. The van der Waals surface area contributed by atoms with Gasteiger partial charge in [-0.25, -0.2) is 4.79 Å². The summed E-state index contributed by atoms with van der Waals surface area (Å²) in [4.78, 5) is 10.1. The van der Waals surface area contributed by atoms with Gasteiger partial charge < -0.3 is 14.6 Å². The van der Waals surface area contributed by atoms with E-state index in [0.717, 1.165) is 0 Å². The fourth-order valence-corrected chi connectivity index (χ4v) is 0.876. The second kappa shape index (κ2) is 5.11. The number of hydrogen-bond acceptors (Lipinski definition) is 3. The minimum atomic E-state index is -2.02. The summed E-state index contributed by atoms with van der Waals surface area (Å²) < 4.78 is 34.5. The van der Waals surface area contributed by atoms with Crippen LogP contribution in [0.3, 0.4) is 0 Å². The van der Waals surface area contributed by atoms with E-state index in [2.05, 4.69) is 4.74 Å². The normalized spacial score (nSPS) is 11.7. The maximum Gasteiger partial charge on any atom is 0.371 e. The third-order valence-electron chi connectivity index (χ3n) is 1.63. The molecule has 6 heteroatoms. The van der Waals surface area contributed by atoms with E-state index in [-0.39, 0.29) is 5.75 Å². The molecular formula is C10H8F2O4. The number of ether oxygens (including phenoxy) is 2. The Morgan fingerprint density at radius 3 is 2.12 bits per heavy atom. The lowest BCUT2D eigenvalue weighted by atomic mass is 10.3. The topological polar surface area (TPSA) is 55.8 Å². The van der Waals surface area contributed by atoms with E-state index in [9.17, 15) is 13.6 Å². The summed E-state index contributed by atoms with van der Waals surface area (Å²) in [7, 11) is 1.44. The van der Waals surface area contributed by atoms with Crippen LogP contribution in [0.15, 0.2) is 36.1 Å². The molecule has 0 aliphatic carbocycles. The van der Waals surface area contributed by atoms with Gasteiger partial charge in [-0.1, -0.05) is 0 Å². The number of carboxylic acids is 1. The molecule has 0 spiro atoms. The van der Waals surface area contributed by atoms with Crippen molar-refractivity contribution < 1.29 is 28.2 Å². The second-order valence-corrected chi connectivity index (χ2v) is 2.67. The van der Waals surface area contributed by atoms with Crippen LogP contribution >= 0.6 is 0 Å². The molecule has 0 bridgehead atoms. The molecule has 1 N–H and O–H groups in total. The van der Waals surface area contributed by atoms with Crippen molar-refractivity contribution in [1.82, 2.24) is 0 Å². The van der Waals surface area contributed by atoms with Crippen molar-refractivity contribution in [2.24, 2.45) is 0 Å². The summed E-state index contributed by atoms with van der Waals surface area (Å²) in [6.07, 6.45) is 0. The van der Waals surface area contributed by atoms with Crippen molar-refractivity contribution in [3.63, 3.8) is 0 Å². The van der Waals surface area contributed by atoms with E-state index < -0.39 is 17.8 Å². The molecule has 86 valence electrons. The molecule has 1 aromatic carbocycles. The summed E-state index contributed by atoms with van der Waals surface area (Å²) in [6, 6.07) is 3.75. The van der Waals surface area contributed by atoms with Gasteiger partial charge in [-0.3, -0.25) is 0 Å². The first-order valence-electron chi connectivity index (χ1n) is 4.15. The van der Waals surface area contributed by atoms with Crippen LogP contribution in [0.5, 0.6) is 11.5 Å². The Labute approximate surface area is 89.7 Å². The fourth-order valence-electron chi connectivity index (χ4n) is 0.876. The summed E-state index contributed by atoms with van der Waals surface area (Å²) in [5, 5.41) is 8.14.